The molecule has 1 N–H and O–H groups in total. The van der Waals surface area contributed by atoms with E-state index in [0.717, 1.165) is 10.1 Å². The molecular weight excluding hydrogens is 380 g/mol. The third-order valence-electron chi connectivity index (χ3n) is 4.26. The number of alkyl halides is 2. The van der Waals surface area contributed by atoms with Gasteiger partial charge in [0.05, 0.1) is 7.11 Å². The van der Waals surface area contributed by atoms with Crippen LogP contribution in [0.3, 0.4) is 0 Å². The number of methoxy groups -OCH3 is 1. The number of amides is 1. The molecule has 0 bridgehead atoms. The van der Waals surface area contributed by atoms with Crippen molar-refractivity contribution in [2.24, 2.45) is 0 Å². The zero-order valence-corrected chi connectivity index (χ0v) is 15.8. The number of carbonyl (C=O) groups excluding carboxylic acids is 1. The Morgan fingerprint density at radius 2 is 1.97 bits per heavy atom. The molecule has 0 aliphatic carbocycles. The number of rotatable bonds is 9. The van der Waals surface area contributed by atoms with Gasteiger partial charge >= 0.3 is 6.55 Å². The van der Waals surface area contributed by atoms with Crippen LogP contribution in [0.25, 0.3) is 0 Å². The summed E-state index contributed by atoms with van der Waals surface area (Å²) in [7, 11) is 1.50. The highest BCUT2D eigenvalue weighted by Gasteiger charge is 2.13. The number of halogens is 2. The van der Waals surface area contributed by atoms with E-state index in [-0.39, 0.29) is 24.7 Å². The van der Waals surface area contributed by atoms with Gasteiger partial charge in [-0.1, -0.05) is 30.3 Å². The van der Waals surface area contributed by atoms with E-state index < -0.39 is 6.55 Å². The van der Waals surface area contributed by atoms with Crippen LogP contribution in [0.15, 0.2) is 60.9 Å². The Kier molecular flexibility index (Phi) is 6.78. The molecule has 2 aromatic carbocycles. The first-order chi connectivity index (χ1) is 14.1. The average molecular weight is 401 g/mol. The number of ether oxygens (including phenoxy) is 2. The van der Waals surface area contributed by atoms with Crippen molar-refractivity contribution >= 4 is 5.91 Å². The smallest absolute Gasteiger partial charge is 0.319 e. The third kappa shape index (κ3) is 5.31. The van der Waals surface area contributed by atoms with Gasteiger partial charge in [-0.2, -0.15) is 8.78 Å². The molecule has 1 amide bonds. The van der Waals surface area contributed by atoms with E-state index in [1.807, 2.05) is 30.3 Å². The van der Waals surface area contributed by atoms with Crippen molar-refractivity contribution in [2.75, 3.05) is 13.7 Å². The van der Waals surface area contributed by atoms with Crippen LogP contribution in [0.1, 0.15) is 28.3 Å². The molecule has 152 valence electrons. The fourth-order valence-corrected chi connectivity index (χ4v) is 2.77. The topological polar surface area (TPSA) is 65.4 Å². The van der Waals surface area contributed by atoms with Crippen LogP contribution < -0.4 is 14.8 Å². The molecule has 0 aliphatic rings. The highest BCUT2D eigenvalue weighted by atomic mass is 19.3. The molecule has 0 spiro atoms. The van der Waals surface area contributed by atoms with Crippen molar-refractivity contribution in [3.05, 3.63) is 77.9 Å². The lowest BCUT2D eigenvalue weighted by Gasteiger charge is -2.12. The van der Waals surface area contributed by atoms with E-state index in [0.29, 0.717) is 23.7 Å². The van der Waals surface area contributed by atoms with E-state index in [9.17, 15) is 13.6 Å². The van der Waals surface area contributed by atoms with Crippen LogP contribution in [0.4, 0.5) is 8.78 Å². The number of carbonyl (C=O) groups is 1. The molecule has 8 heteroatoms. The first kappa shape index (κ1) is 20.3. The summed E-state index contributed by atoms with van der Waals surface area (Å²) < 4.78 is 37.5. The fourth-order valence-electron chi connectivity index (χ4n) is 2.77. The molecule has 1 aromatic heterocycles. The minimum atomic E-state index is -2.66. The van der Waals surface area contributed by atoms with Gasteiger partial charge in [0.1, 0.15) is 12.4 Å². The largest absolute Gasteiger partial charge is 0.493 e. The standard InChI is InChI=1S/C21H21F2N3O3/c1-28-18-13-16(7-8-17(18)29-14-15-5-3-2-4-6-15)20(27)25-10-9-19-24-11-12-26(19)21(22)23/h2-8,11-13,21H,9-10,14H2,1H3,(H,25,27). The fraction of sp³-hybridized carbons (Fsp3) is 0.238. The number of benzene rings is 2. The Hall–Kier alpha value is -3.42. The monoisotopic (exact) mass is 401 g/mol. The van der Waals surface area contributed by atoms with Crippen molar-refractivity contribution < 1.29 is 23.0 Å². The highest BCUT2D eigenvalue weighted by Crippen LogP contribution is 2.28. The number of hydrogen-bond donors (Lipinski definition) is 1. The lowest BCUT2D eigenvalue weighted by molar-refractivity contribution is 0.0670. The predicted molar refractivity (Wildman–Crippen MR) is 103 cm³/mol. The zero-order chi connectivity index (χ0) is 20.6. The van der Waals surface area contributed by atoms with Crippen LogP contribution in [0, 0.1) is 0 Å². The van der Waals surface area contributed by atoms with E-state index >= 15 is 0 Å². The summed E-state index contributed by atoms with van der Waals surface area (Å²) in [5.41, 5.74) is 1.39. The minimum absolute atomic E-state index is 0.178. The molecular formula is C21H21F2N3O3. The Labute approximate surface area is 167 Å². The van der Waals surface area contributed by atoms with Gasteiger partial charge in [0.2, 0.25) is 0 Å². The van der Waals surface area contributed by atoms with Crippen LogP contribution in [0.5, 0.6) is 11.5 Å². The number of aromatic nitrogens is 2. The quantitative estimate of drug-likeness (QED) is 0.592. The van der Waals surface area contributed by atoms with Crippen LogP contribution in [-0.2, 0) is 13.0 Å². The molecule has 0 saturated heterocycles. The Bertz CT molecular complexity index is 945. The first-order valence-corrected chi connectivity index (χ1v) is 9.01. The van der Waals surface area contributed by atoms with Gasteiger partial charge in [0.15, 0.2) is 11.5 Å². The molecule has 3 rings (SSSR count). The molecule has 0 atom stereocenters. The number of nitrogens with one attached hydrogen (secondary N) is 1. The van der Waals surface area contributed by atoms with Gasteiger partial charge < -0.3 is 14.8 Å². The molecule has 0 unspecified atom stereocenters. The Morgan fingerprint density at radius 3 is 2.69 bits per heavy atom. The van der Waals surface area contributed by atoms with Gasteiger partial charge in [-0.05, 0) is 23.8 Å². The molecule has 1 heterocycles. The van der Waals surface area contributed by atoms with E-state index in [4.69, 9.17) is 9.47 Å². The molecule has 0 aliphatic heterocycles. The minimum Gasteiger partial charge on any atom is -0.493 e. The van der Waals surface area contributed by atoms with Gasteiger partial charge in [-0.3, -0.25) is 9.36 Å². The highest BCUT2D eigenvalue weighted by molar-refractivity contribution is 5.94. The lowest BCUT2D eigenvalue weighted by atomic mass is 10.2. The van der Waals surface area contributed by atoms with Crippen LogP contribution in [-0.4, -0.2) is 29.1 Å². The molecule has 3 aromatic rings. The van der Waals surface area contributed by atoms with Crippen molar-refractivity contribution in [1.82, 2.24) is 14.9 Å². The maximum atomic E-state index is 12.8. The summed E-state index contributed by atoms with van der Waals surface area (Å²) in [6.45, 7) is -2.10. The van der Waals surface area contributed by atoms with Gasteiger partial charge in [0.25, 0.3) is 5.91 Å². The lowest BCUT2D eigenvalue weighted by Crippen LogP contribution is -2.26. The van der Waals surface area contributed by atoms with Gasteiger partial charge in [-0.25, -0.2) is 4.98 Å². The summed E-state index contributed by atoms with van der Waals surface area (Å²) in [6, 6.07) is 14.6. The summed E-state index contributed by atoms with van der Waals surface area (Å²) in [5.74, 6) is 0.823. The zero-order valence-electron chi connectivity index (χ0n) is 15.8. The maximum absolute atomic E-state index is 12.8. The van der Waals surface area contributed by atoms with E-state index in [2.05, 4.69) is 10.3 Å². The van der Waals surface area contributed by atoms with Crippen molar-refractivity contribution in [2.45, 2.75) is 19.6 Å². The Morgan fingerprint density at radius 1 is 1.17 bits per heavy atom. The van der Waals surface area contributed by atoms with Crippen LogP contribution in [0.2, 0.25) is 0 Å². The number of hydrogen-bond acceptors (Lipinski definition) is 4. The summed E-state index contributed by atoms with van der Waals surface area (Å²) >= 11 is 0. The van der Waals surface area contributed by atoms with E-state index in [1.165, 1.54) is 19.5 Å². The maximum Gasteiger partial charge on any atom is 0.319 e. The van der Waals surface area contributed by atoms with Crippen molar-refractivity contribution in [3.8, 4) is 11.5 Å². The molecule has 0 radical (unpaired) electrons. The number of imidazole rings is 1. The first-order valence-electron chi connectivity index (χ1n) is 9.01. The van der Waals surface area contributed by atoms with Crippen molar-refractivity contribution in [1.29, 1.82) is 0 Å². The summed E-state index contributed by atoms with van der Waals surface area (Å²) in [5, 5.41) is 2.70. The number of nitrogens with zero attached hydrogens (tertiary/aromatic N) is 2. The van der Waals surface area contributed by atoms with Crippen molar-refractivity contribution in [3.63, 3.8) is 0 Å². The Balaban J connectivity index is 1.58. The van der Waals surface area contributed by atoms with E-state index in [1.54, 1.807) is 18.2 Å². The summed E-state index contributed by atoms with van der Waals surface area (Å²) in [4.78, 5) is 16.3. The van der Waals surface area contributed by atoms with Gasteiger partial charge in [-0.15, -0.1) is 0 Å². The average Bonchev–Trinajstić information content (AvgIpc) is 3.21. The normalized spacial score (nSPS) is 10.8. The predicted octanol–water partition coefficient (Wildman–Crippen LogP) is 3.84. The summed E-state index contributed by atoms with van der Waals surface area (Å²) in [6.07, 6.45) is 2.71. The van der Waals surface area contributed by atoms with Gasteiger partial charge in [0, 0.05) is 30.9 Å². The molecule has 29 heavy (non-hydrogen) atoms. The molecule has 6 nitrogen and oxygen atoms in total. The SMILES string of the molecule is COc1cc(C(=O)NCCc2nccn2C(F)F)ccc1OCc1ccccc1. The second-order valence-electron chi connectivity index (χ2n) is 6.17. The molecule has 0 fully saturated rings. The molecule has 0 saturated carbocycles. The second kappa shape index (κ2) is 9.68. The third-order valence-corrected chi connectivity index (χ3v) is 4.26. The van der Waals surface area contributed by atoms with Crippen LogP contribution >= 0.6 is 0 Å². The second-order valence-corrected chi connectivity index (χ2v) is 6.17.